The average Bonchev–Trinajstić information content (AvgIpc) is 3.17. The van der Waals surface area contributed by atoms with Gasteiger partial charge in [-0.3, -0.25) is 9.69 Å². The third-order valence-electron chi connectivity index (χ3n) is 5.26. The monoisotopic (exact) mass is 383 g/mol. The molecular formula is C21H25N3O2S. The van der Waals surface area contributed by atoms with E-state index >= 15 is 0 Å². The molecule has 1 aliphatic heterocycles. The van der Waals surface area contributed by atoms with Crippen LogP contribution in [0.2, 0.25) is 0 Å². The van der Waals surface area contributed by atoms with E-state index in [9.17, 15) is 4.79 Å². The summed E-state index contributed by atoms with van der Waals surface area (Å²) in [7, 11) is 0. The molecule has 0 unspecified atom stereocenters. The number of aryl methyl sites for hydroxylation is 2. The molecule has 1 fully saturated rings. The number of ether oxygens (including phenoxy) is 1. The Bertz CT molecular complexity index is 983. The van der Waals surface area contributed by atoms with Gasteiger partial charge in [0.05, 0.1) is 23.4 Å². The standard InChI is InChI=1S/C21H25N3O2S/c1-13-5-4-6-17(15(13)3)23-21(25)19-16(12-24-7-9-26-10-8-24)20-18(22-19)11-14(2)27-20/h4-6,11,22H,7-10,12H2,1-3H3,(H,23,25). The second-order valence-corrected chi connectivity index (χ2v) is 8.42. The van der Waals surface area contributed by atoms with Crippen molar-refractivity contribution in [2.45, 2.75) is 27.3 Å². The summed E-state index contributed by atoms with van der Waals surface area (Å²) < 4.78 is 6.65. The van der Waals surface area contributed by atoms with E-state index in [1.807, 2.05) is 19.1 Å². The molecule has 1 aromatic carbocycles. The molecule has 142 valence electrons. The number of nitrogens with one attached hydrogen (secondary N) is 2. The van der Waals surface area contributed by atoms with E-state index in [4.69, 9.17) is 4.74 Å². The molecule has 0 atom stereocenters. The highest BCUT2D eigenvalue weighted by atomic mass is 32.1. The number of carbonyl (C=O) groups is 1. The maximum Gasteiger partial charge on any atom is 0.272 e. The van der Waals surface area contributed by atoms with Crippen LogP contribution in [0.1, 0.15) is 32.1 Å². The van der Waals surface area contributed by atoms with Crippen molar-refractivity contribution in [1.29, 1.82) is 0 Å². The lowest BCUT2D eigenvalue weighted by atomic mass is 10.1. The van der Waals surface area contributed by atoms with Crippen molar-refractivity contribution >= 4 is 33.1 Å². The lowest BCUT2D eigenvalue weighted by Crippen LogP contribution is -2.36. The summed E-state index contributed by atoms with van der Waals surface area (Å²) in [5.74, 6) is -0.0759. The molecule has 0 bridgehead atoms. The molecule has 5 nitrogen and oxygen atoms in total. The first kappa shape index (κ1) is 18.2. The maximum atomic E-state index is 13.1. The molecule has 27 heavy (non-hydrogen) atoms. The van der Waals surface area contributed by atoms with Crippen LogP contribution in [0.3, 0.4) is 0 Å². The Morgan fingerprint density at radius 1 is 1.26 bits per heavy atom. The summed E-state index contributed by atoms with van der Waals surface area (Å²) >= 11 is 1.75. The minimum atomic E-state index is -0.0759. The number of hydrogen-bond donors (Lipinski definition) is 2. The number of nitrogens with zero attached hydrogens (tertiary/aromatic N) is 1. The molecule has 0 saturated carbocycles. The lowest BCUT2D eigenvalue weighted by molar-refractivity contribution is 0.0343. The Hall–Kier alpha value is -2.15. The zero-order valence-electron chi connectivity index (χ0n) is 16.0. The van der Waals surface area contributed by atoms with E-state index in [1.165, 1.54) is 15.1 Å². The topological polar surface area (TPSA) is 57.4 Å². The number of aromatic amines is 1. The minimum absolute atomic E-state index is 0.0759. The second kappa shape index (κ2) is 7.46. The van der Waals surface area contributed by atoms with Crippen molar-refractivity contribution in [2.75, 3.05) is 31.6 Å². The van der Waals surface area contributed by atoms with E-state index in [0.29, 0.717) is 5.69 Å². The molecule has 0 radical (unpaired) electrons. The van der Waals surface area contributed by atoms with Crippen LogP contribution >= 0.6 is 11.3 Å². The summed E-state index contributed by atoms with van der Waals surface area (Å²) in [4.78, 5) is 20.1. The summed E-state index contributed by atoms with van der Waals surface area (Å²) in [6.07, 6.45) is 0. The van der Waals surface area contributed by atoms with Gasteiger partial charge in [0.25, 0.3) is 5.91 Å². The van der Waals surface area contributed by atoms with Gasteiger partial charge in [0.2, 0.25) is 0 Å². The Morgan fingerprint density at radius 3 is 2.81 bits per heavy atom. The Balaban J connectivity index is 1.67. The normalized spacial score (nSPS) is 15.4. The molecule has 6 heteroatoms. The fourth-order valence-electron chi connectivity index (χ4n) is 3.55. The summed E-state index contributed by atoms with van der Waals surface area (Å²) in [6, 6.07) is 8.11. The SMILES string of the molecule is Cc1cc2[nH]c(C(=O)Nc3cccc(C)c3C)c(CN3CCOCC3)c2s1. The smallest absolute Gasteiger partial charge is 0.272 e. The number of benzene rings is 1. The van der Waals surface area contributed by atoms with E-state index in [0.717, 1.165) is 55.2 Å². The molecule has 0 spiro atoms. The van der Waals surface area contributed by atoms with Crippen LogP contribution in [0.25, 0.3) is 10.2 Å². The molecule has 2 N–H and O–H groups in total. The molecule has 1 aliphatic rings. The molecule has 3 heterocycles. The van der Waals surface area contributed by atoms with Crippen LogP contribution in [-0.4, -0.2) is 42.1 Å². The maximum absolute atomic E-state index is 13.1. The van der Waals surface area contributed by atoms with E-state index in [1.54, 1.807) is 11.3 Å². The third kappa shape index (κ3) is 3.65. The van der Waals surface area contributed by atoms with Gasteiger partial charge in [0.1, 0.15) is 5.69 Å². The predicted octanol–water partition coefficient (Wildman–Crippen LogP) is 4.24. The van der Waals surface area contributed by atoms with Crippen LogP contribution in [0.5, 0.6) is 0 Å². The van der Waals surface area contributed by atoms with Gasteiger partial charge in [-0.05, 0) is 44.0 Å². The van der Waals surface area contributed by atoms with Gasteiger partial charge in [0.15, 0.2) is 0 Å². The number of rotatable bonds is 4. The molecule has 1 saturated heterocycles. The number of carbonyl (C=O) groups excluding carboxylic acids is 1. The first-order valence-electron chi connectivity index (χ1n) is 9.31. The molecular weight excluding hydrogens is 358 g/mol. The van der Waals surface area contributed by atoms with Crippen LogP contribution in [-0.2, 0) is 11.3 Å². The number of hydrogen-bond acceptors (Lipinski definition) is 4. The number of morpholine rings is 1. The van der Waals surface area contributed by atoms with E-state index < -0.39 is 0 Å². The Kier molecular flexibility index (Phi) is 5.04. The highest BCUT2D eigenvalue weighted by Crippen LogP contribution is 2.32. The molecule has 3 aromatic rings. The van der Waals surface area contributed by atoms with E-state index in [-0.39, 0.29) is 5.91 Å². The van der Waals surface area contributed by atoms with E-state index in [2.05, 4.69) is 41.2 Å². The van der Waals surface area contributed by atoms with Gasteiger partial charge in [0, 0.05) is 35.8 Å². The highest BCUT2D eigenvalue weighted by Gasteiger charge is 2.23. The number of anilines is 1. The van der Waals surface area contributed by atoms with Crippen LogP contribution in [0.4, 0.5) is 5.69 Å². The number of H-pyrrole nitrogens is 1. The lowest BCUT2D eigenvalue weighted by Gasteiger charge is -2.26. The van der Waals surface area contributed by atoms with Crippen molar-refractivity contribution in [1.82, 2.24) is 9.88 Å². The molecule has 1 amide bonds. The summed E-state index contributed by atoms with van der Waals surface area (Å²) in [6.45, 7) is 10.3. The fraction of sp³-hybridized carbons (Fsp3) is 0.381. The van der Waals surface area contributed by atoms with Crippen molar-refractivity contribution < 1.29 is 9.53 Å². The van der Waals surface area contributed by atoms with Crippen molar-refractivity contribution in [3.05, 3.63) is 51.5 Å². The fourth-order valence-corrected chi connectivity index (χ4v) is 4.56. The zero-order chi connectivity index (χ0) is 19.0. The van der Waals surface area contributed by atoms with Crippen molar-refractivity contribution in [3.8, 4) is 0 Å². The number of amides is 1. The van der Waals surface area contributed by atoms with Gasteiger partial charge >= 0.3 is 0 Å². The minimum Gasteiger partial charge on any atom is -0.379 e. The van der Waals surface area contributed by atoms with Crippen molar-refractivity contribution in [2.24, 2.45) is 0 Å². The first-order chi connectivity index (χ1) is 13.0. The zero-order valence-corrected chi connectivity index (χ0v) is 16.8. The molecule has 2 aromatic heterocycles. The number of thiophene rings is 1. The summed E-state index contributed by atoms with van der Waals surface area (Å²) in [5.41, 5.74) is 5.95. The Labute approximate surface area is 163 Å². The number of aromatic nitrogens is 1. The highest BCUT2D eigenvalue weighted by molar-refractivity contribution is 7.19. The third-order valence-corrected chi connectivity index (χ3v) is 6.37. The number of fused-ring (bicyclic) bond motifs is 1. The van der Waals surface area contributed by atoms with Gasteiger partial charge in [-0.25, -0.2) is 0 Å². The quantitative estimate of drug-likeness (QED) is 0.708. The largest absolute Gasteiger partial charge is 0.379 e. The first-order valence-corrected chi connectivity index (χ1v) is 10.1. The van der Waals surface area contributed by atoms with Crippen molar-refractivity contribution in [3.63, 3.8) is 0 Å². The predicted molar refractivity (Wildman–Crippen MR) is 111 cm³/mol. The van der Waals surface area contributed by atoms with Gasteiger partial charge in [-0.15, -0.1) is 11.3 Å². The van der Waals surface area contributed by atoms with Gasteiger partial charge in [-0.1, -0.05) is 12.1 Å². The van der Waals surface area contributed by atoms with Crippen LogP contribution in [0, 0.1) is 20.8 Å². The molecule has 4 rings (SSSR count). The summed E-state index contributed by atoms with van der Waals surface area (Å²) in [5, 5.41) is 3.10. The second-order valence-electron chi connectivity index (χ2n) is 7.17. The van der Waals surface area contributed by atoms with Crippen LogP contribution in [0.15, 0.2) is 24.3 Å². The van der Waals surface area contributed by atoms with Crippen LogP contribution < -0.4 is 5.32 Å². The average molecular weight is 384 g/mol. The van der Waals surface area contributed by atoms with Gasteiger partial charge in [-0.2, -0.15) is 0 Å². The Morgan fingerprint density at radius 2 is 2.04 bits per heavy atom. The molecule has 0 aliphatic carbocycles. The van der Waals surface area contributed by atoms with Gasteiger partial charge < -0.3 is 15.0 Å².